The number of aromatic nitrogens is 2. The number of hydrogen-bond acceptors (Lipinski definition) is 3. The molecule has 1 aromatic heterocycles. The number of carboxylic acids is 1. The van der Waals surface area contributed by atoms with Crippen molar-refractivity contribution in [3.8, 4) is 0 Å². The third-order valence-corrected chi connectivity index (χ3v) is 2.50. The summed E-state index contributed by atoms with van der Waals surface area (Å²) in [6.45, 7) is 0. The normalized spacial score (nSPS) is 22.8. The zero-order chi connectivity index (χ0) is 13.4. The molecular formula is C10H8F3N3O2. The third kappa shape index (κ3) is 1.85. The molecule has 3 N–H and O–H groups in total. The number of allylic oxidation sites excluding steroid dienone is 2. The first-order chi connectivity index (χ1) is 8.36. The summed E-state index contributed by atoms with van der Waals surface area (Å²) in [5.41, 5.74) is -3.11. The van der Waals surface area contributed by atoms with Crippen molar-refractivity contribution in [2.75, 3.05) is 0 Å². The van der Waals surface area contributed by atoms with Crippen LogP contribution in [-0.2, 0) is 16.5 Å². The van der Waals surface area contributed by atoms with Gasteiger partial charge in [-0.25, -0.2) is 4.79 Å². The number of hydrogen-bond donors (Lipinski definition) is 3. The molecule has 0 fully saturated rings. The lowest BCUT2D eigenvalue weighted by Gasteiger charge is -2.26. The van der Waals surface area contributed by atoms with Crippen LogP contribution < -0.4 is 5.32 Å². The van der Waals surface area contributed by atoms with E-state index in [4.69, 9.17) is 0 Å². The van der Waals surface area contributed by atoms with Gasteiger partial charge in [0.15, 0.2) is 11.2 Å². The summed E-state index contributed by atoms with van der Waals surface area (Å²) in [7, 11) is 0. The van der Waals surface area contributed by atoms with Gasteiger partial charge in [-0.1, -0.05) is 6.08 Å². The summed E-state index contributed by atoms with van der Waals surface area (Å²) in [5, 5.41) is 16.9. The van der Waals surface area contributed by atoms with E-state index in [1.54, 1.807) is 0 Å². The zero-order valence-corrected chi connectivity index (χ0v) is 8.82. The Balaban J connectivity index is 2.45. The van der Waals surface area contributed by atoms with Crippen LogP contribution in [0.1, 0.15) is 11.4 Å². The Labute approximate surface area is 99.0 Å². The number of dihydropyridines is 1. The highest BCUT2D eigenvalue weighted by Crippen LogP contribution is 2.31. The maximum atomic E-state index is 12.4. The molecule has 96 valence electrons. The minimum absolute atomic E-state index is 0.192. The molecule has 1 aliphatic heterocycles. The largest absolute Gasteiger partial charge is 0.479 e. The van der Waals surface area contributed by atoms with Gasteiger partial charge >= 0.3 is 12.1 Å². The van der Waals surface area contributed by atoms with Gasteiger partial charge in [-0.05, 0) is 24.4 Å². The Morgan fingerprint density at radius 2 is 2.11 bits per heavy atom. The minimum Gasteiger partial charge on any atom is -0.479 e. The molecule has 0 saturated heterocycles. The van der Waals surface area contributed by atoms with Crippen LogP contribution in [0, 0.1) is 0 Å². The van der Waals surface area contributed by atoms with E-state index in [1.165, 1.54) is 24.4 Å². The van der Waals surface area contributed by atoms with Gasteiger partial charge in [0, 0.05) is 0 Å². The highest BCUT2D eigenvalue weighted by molar-refractivity contribution is 5.83. The summed E-state index contributed by atoms with van der Waals surface area (Å²) < 4.78 is 37.2. The van der Waals surface area contributed by atoms with Crippen molar-refractivity contribution in [2.24, 2.45) is 0 Å². The second kappa shape index (κ2) is 3.90. The number of halogens is 3. The fourth-order valence-electron chi connectivity index (χ4n) is 1.57. The molecule has 0 spiro atoms. The number of aromatic amines is 1. The van der Waals surface area contributed by atoms with Crippen molar-refractivity contribution in [3.05, 3.63) is 41.9 Å². The summed E-state index contributed by atoms with van der Waals surface area (Å²) in [5.74, 6) is -1.33. The molecule has 5 nitrogen and oxygen atoms in total. The van der Waals surface area contributed by atoms with E-state index in [-0.39, 0.29) is 5.69 Å². The monoisotopic (exact) mass is 259 g/mol. The van der Waals surface area contributed by atoms with Crippen LogP contribution in [0.4, 0.5) is 13.2 Å². The van der Waals surface area contributed by atoms with Crippen LogP contribution in [0.3, 0.4) is 0 Å². The zero-order valence-electron chi connectivity index (χ0n) is 8.82. The van der Waals surface area contributed by atoms with E-state index in [0.29, 0.717) is 6.07 Å². The van der Waals surface area contributed by atoms with Crippen molar-refractivity contribution < 1.29 is 23.1 Å². The first-order valence-electron chi connectivity index (χ1n) is 4.85. The second-order valence-corrected chi connectivity index (χ2v) is 3.64. The molecule has 0 aliphatic carbocycles. The lowest BCUT2D eigenvalue weighted by molar-refractivity contribution is -0.143. The molecule has 2 heterocycles. The van der Waals surface area contributed by atoms with Gasteiger partial charge in [-0.3, -0.25) is 5.10 Å². The summed E-state index contributed by atoms with van der Waals surface area (Å²) >= 11 is 0. The number of H-pyrrole nitrogens is 1. The molecule has 0 radical (unpaired) electrons. The van der Waals surface area contributed by atoms with Crippen LogP contribution in [0.2, 0.25) is 0 Å². The molecule has 1 aromatic rings. The maximum Gasteiger partial charge on any atom is 0.435 e. The molecule has 0 saturated carbocycles. The SMILES string of the molecule is O=C(O)C1(c2cc(C(F)(F)F)n[nH]2)C=CC=CN1. The number of nitrogens with zero attached hydrogens (tertiary/aromatic N) is 1. The lowest BCUT2D eigenvalue weighted by atomic mass is 9.93. The smallest absolute Gasteiger partial charge is 0.435 e. The first kappa shape index (κ1) is 12.2. The van der Waals surface area contributed by atoms with E-state index in [9.17, 15) is 23.1 Å². The molecule has 18 heavy (non-hydrogen) atoms. The average molecular weight is 259 g/mol. The van der Waals surface area contributed by atoms with Crippen LogP contribution in [-0.4, -0.2) is 21.3 Å². The van der Waals surface area contributed by atoms with E-state index >= 15 is 0 Å². The van der Waals surface area contributed by atoms with Gasteiger partial charge in [-0.2, -0.15) is 18.3 Å². The molecular weight excluding hydrogens is 251 g/mol. The number of rotatable bonds is 2. The van der Waals surface area contributed by atoms with Gasteiger partial charge in [-0.15, -0.1) is 0 Å². The number of aliphatic carboxylic acids is 1. The Kier molecular flexibility index (Phi) is 2.64. The van der Waals surface area contributed by atoms with Crippen molar-refractivity contribution in [3.63, 3.8) is 0 Å². The maximum absolute atomic E-state index is 12.4. The summed E-state index contributed by atoms with van der Waals surface area (Å²) in [6.07, 6.45) is 0.912. The Hall–Kier alpha value is -2.25. The third-order valence-electron chi connectivity index (χ3n) is 2.50. The number of nitrogens with one attached hydrogen (secondary N) is 2. The van der Waals surface area contributed by atoms with E-state index in [0.717, 1.165) is 0 Å². The molecule has 1 aliphatic rings. The molecule has 0 amide bonds. The van der Waals surface area contributed by atoms with Gasteiger partial charge in [0.2, 0.25) is 0 Å². The van der Waals surface area contributed by atoms with Crippen LogP contribution in [0.15, 0.2) is 30.5 Å². The van der Waals surface area contributed by atoms with Crippen molar-refractivity contribution in [2.45, 2.75) is 11.7 Å². The predicted octanol–water partition coefficient (Wildman–Crippen LogP) is 1.38. The van der Waals surface area contributed by atoms with Crippen LogP contribution in [0.5, 0.6) is 0 Å². The number of carbonyl (C=O) groups is 1. The van der Waals surface area contributed by atoms with E-state index < -0.39 is 23.4 Å². The molecule has 8 heteroatoms. The number of carboxylic acid groups (broad SMARTS) is 1. The standard InChI is InChI=1S/C10H8F3N3O2/c11-10(12,13)7-5-6(15-16-7)9(8(17)18)3-1-2-4-14-9/h1-5,14H,(H,15,16)(H,17,18). The average Bonchev–Trinajstić information content (AvgIpc) is 2.79. The molecule has 1 unspecified atom stereocenters. The minimum atomic E-state index is -4.62. The second-order valence-electron chi connectivity index (χ2n) is 3.64. The molecule has 0 bridgehead atoms. The van der Waals surface area contributed by atoms with Gasteiger partial charge in [0.25, 0.3) is 0 Å². The van der Waals surface area contributed by atoms with Gasteiger partial charge in [0.1, 0.15) is 0 Å². The highest BCUT2D eigenvalue weighted by Gasteiger charge is 2.42. The molecule has 1 atom stereocenters. The fourth-order valence-corrected chi connectivity index (χ4v) is 1.57. The molecule has 0 aromatic carbocycles. The van der Waals surface area contributed by atoms with Crippen molar-refractivity contribution in [1.29, 1.82) is 0 Å². The quantitative estimate of drug-likeness (QED) is 0.749. The Bertz CT molecular complexity index is 533. The predicted molar refractivity (Wildman–Crippen MR) is 54.3 cm³/mol. The van der Waals surface area contributed by atoms with E-state index in [2.05, 4.69) is 15.5 Å². The van der Waals surface area contributed by atoms with Crippen molar-refractivity contribution in [1.82, 2.24) is 15.5 Å². The van der Waals surface area contributed by atoms with Gasteiger partial charge in [0.05, 0.1) is 5.69 Å². The molecule has 2 rings (SSSR count). The summed E-state index contributed by atoms with van der Waals surface area (Å²) in [6, 6.07) is 0.671. The van der Waals surface area contributed by atoms with Crippen molar-refractivity contribution >= 4 is 5.97 Å². The Morgan fingerprint density at radius 1 is 1.39 bits per heavy atom. The number of alkyl halides is 3. The first-order valence-corrected chi connectivity index (χ1v) is 4.85. The Morgan fingerprint density at radius 3 is 2.56 bits per heavy atom. The van der Waals surface area contributed by atoms with E-state index in [1.807, 2.05) is 0 Å². The van der Waals surface area contributed by atoms with Gasteiger partial charge < -0.3 is 10.4 Å². The fraction of sp³-hybridized carbons (Fsp3) is 0.200. The highest BCUT2D eigenvalue weighted by atomic mass is 19.4. The van der Waals surface area contributed by atoms with Crippen LogP contribution >= 0.6 is 0 Å². The summed E-state index contributed by atoms with van der Waals surface area (Å²) in [4.78, 5) is 11.3. The topological polar surface area (TPSA) is 78.0 Å². The van der Waals surface area contributed by atoms with Crippen LogP contribution in [0.25, 0.3) is 0 Å². The lowest BCUT2D eigenvalue weighted by Crippen LogP contribution is -2.46.